The average Bonchev–Trinajstić information content (AvgIpc) is 3.37. The fourth-order valence-electron chi connectivity index (χ4n) is 13.6. The Kier molecular flexibility index (Phi) is 14.5. The summed E-state index contributed by atoms with van der Waals surface area (Å²) in [5.74, 6) is -0.0304. The number of nitrogens with one attached hydrogen (secondary N) is 1. The van der Waals surface area contributed by atoms with E-state index >= 15 is 0 Å². The van der Waals surface area contributed by atoms with Crippen LogP contribution >= 0.6 is 0 Å². The molecule has 0 aliphatic heterocycles. The number of carbonyl (C=O) groups is 2. The molecule has 0 saturated heterocycles. The topological polar surface area (TPSA) is 153 Å². The molecule has 2 fully saturated rings. The van der Waals surface area contributed by atoms with Crippen LogP contribution in [0.1, 0.15) is 96.7 Å². The van der Waals surface area contributed by atoms with Crippen molar-refractivity contribution in [1.29, 1.82) is 0 Å². The van der Waals surface area contributed by atoms with Crippen molar-refractivity contribution in [1.82, 2.24) is 5.32 Å². The van der Waals surface area contributed by atoms with Crippen LogP contribution in [-0.2, 0) is 49.6 Å². The number of hydrogen-bond donors (Lipinski definition) is 4. The number of phenols is 3. The first-order valence-electron chi connectivity index (χ1n) is 26.0. The predicted octanol–water partition coefficient (Wildman–Crippen LogP) is 11.4. The SMILES string of the molecule is CCOCCCNCc1cccc(-c2cc(O)cc3ccc(CC(=O)O[C@H]4C[C@@H]5c6cc(OC)c(O)cc6C[C@H]6CC[C@H]7c8cc(O)c(OC)cc8C[C@H]([C@H](OC(C)=O)C4)[C@]7(/C=C/c4ccccc4)[C@H]65)cc23)c1. The van der Waals surface area contributed by atoms with Crippen LogP contribution in [0, 0.1) is 23.2 Å². The van der Waals surface area contributed by atoms with E-state index in [0.717, 1.165) is 99.7 Å². The van der Waals surface area contributed by atoms with Crippen LogP contribution in [0.4, 0.5) is 0 Å². The van der Waals surface area contributed by atoms with Crippen LogP contribution in [0.2, 0.25) is 0 Å². The summed E-state index contributed by atoms with van der Waals surface area (Å²) in [6.45, 7) is 6.40. The minimum atomic E-state index is -0.649. The van der Waals surface area contributed by atoms with E-state index in [2.05, 4.69) is 41.7 Å². The molecule has 4 aliphatic carbocycles. The molecule has 6 aromatic rings. The molecule has 0 spiro atoms. The molecule has 2 saturated carbocycles. The monoisotopic (exact) mass is 985 g/mol. The van der Waals surface area contributed by atoms with Crippen molar-refractivity contribution >= 4 is 28.8 Å². The summed E-state index contributed by atoms with van der Waals surface area (Å²) in [5, 5.41) is 38.8. The van der Waals surface area contributed by atoms with Crippen molar-refractivity contribution in [3.8, 4) is 39.9 Å². The lowest BCUT2D eigenvalue weighted by atomic mass is 9.40. The number of rotatable bonds is 16. The van der Waals surface area contributed by atoms with Gasteiger partial charge in [-0.1, -0.05) is 72.8 Å². The van der Waals surface area contributed by atoms with Gasteiger partial charge in [0.1, 0.15) is 18.0 Å². The molecule has 8 atom stereocenters. The molecule has 0 amide bonds. The van der Waals surface area contributed by atoms with Gasteiger partial charge in [0.15, 0.2) is 23.0 Å². The van der Waals surface area contributed by atoms with Crippen LogP contribution in [0.5, 0.6) is 28.7 Å². The van der Waals surface area contributed by atoms with Gasteiger partial charge in [-0.05, 0) is 185 Å². The van der Waals surface area contributed by atoms with E-state index in [0.29, 0.717) is 37.5 Å². The highest BCUT2D eigenvalue weighted by molar-refractivity contribution is 5.98. The summed E-state index contributed by atoms with van der Waals surface area (Å²) in [6.07, 6.45) is 7.96. The zero-order valence-electron chi connectivity index (χ0n) is 42.3. The normalized spacial score (nSPS) is 23.9. The fourth-order valence-corrected chi connectivity index (χ4v) is 13.6. The van der Waals surface area contributed by atoms with Crippen LogP contribution in [0.3, 0.4) is 0 Å². The van der Waals surface area contributed by atoms with E-state index in [1.54, 1.807) is 26.4 Å². The number of allylic oxidation sites excluding steroid dienone is 1. The quantitative estimate of drug-likeness (QED) is 0.0541. The zero-order chi connectivity index (χ0) is 50.8. The van der Waals surface area contributed by atoms with E-state index < -0.39 is 29.6 Å². The Morgan fingerprint density at radius 3 is 2.37 bits per heavy atom. The van der Waals surface area contributed by atoms with Gasteiger partial charge in [-0.15, -0.1) is 0 Å². The minimum absolute atomic E-state index is 0.00237. The third-order valence-corrected chi connectivity index (χ3v) is 16.4. The second-order valence-corrected chi connectivity index (χ2v) is 20.6. The number of hydrogen-bond acceptors (Lipinski definition) is 11. The maximum atomic E-state index is 14.6. The van der Waals surface area contributed by atoms with Gasteiger partial charge in [0, 0.05) is 44.4 Å². The van der Waals surface area contributed by atoms with Gasteiger partial charge in [0.2, 0.25) is 0 Å². The predicted molar refractivity (Wildman–Crippen MR) is 282 cm³/mol. The van der Waals surface area contributed by atoms with Crippen LogP contribution in [-0.4, -0.2) is 73.4 Å². The number of benzene rings is 6. The zero-order valence-corrected chi connectivity index (χ0v) is 42.3. The Morgan fingerprint density at radius 1 is 0.781 bits per heavy atom. The van der Waals surface area contributed by atoms with Gasteiger partial charge >= 0.3 is 11.9 Å². The van der Waals surface area contributed by atoms with Crippen LogP contribution < -0.4 is 14.8 Å². The number of carbonyl (C=O) groups excluding carboxylic acids is 2. The Balaban J connectivity index is 1.03. The highest BCUT2D eigenvalue weighted by atomic mass is 16.6. The standard InChI is InChI=1S/C62H67NO10/c1-5-71-22-10-21-63-36-40-13-9-14-41(23-40)49-31-46(65)27-42-16-15-39(24-48(42)49)25-60(68)73-47-32-52-50-35-59(70-4)55(66)29-44(50)26-43-17-18-53-51-34-56(67)58(69-3)30-45(51)28-54(57(33-47)72-37(2)64)62(53,61(43)52)20-19-38-11-7-6-8-12-38/h6-9,11-16,19-20,23-24,27,29-31,34-35,43,47,52-54,57,61,63,65-67H,5,10,17-18,21-22,25-26,28,32-33,36H2,1-4H3/b20-19+/t43-,47+,52-,53+,54-,57-,61-,62-/m1/s1. The number of aromatic hydroxyl groups is 3. The molecule has 11 nitrogen and oxygen atoms in total. The molecule has 380 valence electrons. The first kappa shape index (κ1) is 49.7. The largest absolute Gasteiger partial charge is 0.508 e. The molecule has 6 aromatic carbocycles. The molecular weight excluding hydrogens is 919 g/mol. The van der Waals surface area contributed by atoms with Crippen molar-refractivity contribution < 1.29 is 48.6 Å². The lowest BCUT2D eigenvalue weighted by molar-refractivity contribution is -0.169. The van der Waals surface area contributed by atoms with Gasteiger partial charge in [0.05, 0.1) is 20.6 Å². The van der Waals surface area contributed by atoms with Gasteiger partial charge in [-0.2, -0.15) is 0 Å². The van der Waals surface area contributed by atoms with E-state index in [4.69, 9.17) is 23.7 Å². The first-order valence-corrected chi connectivity index (χ1v) is 26.0. The molecule has 0 radical (unpaired) electrons. The first-order chi connectivity index (χ1) is 35.5. The third-order valence-electron chi connectivity index (χ3n) is 16.4. The van der Waals surface area contributed by atoms with Crippen LogP contribution in [0.15, 0.2) is 115 Å². The van der Waals surface area contributed by atoms with Crippen molar-refractivity contribution in [3.63, 3.8) is 0 Å². The molecule has 0 unspecified atom stereocenters. The van der Waals surface area contributed by atoms with E-state index in [1.807, 2.05) is 79.7 Å². The Hall–Kier alpha value is -6.82. The molecule has 11 heteroatoms. The summed E-state index contributed by atoms with van der Waals surface area (Å²) < 4.78 is 30.2. The lowest BCUT2D eigenvalue weighted by Gasteiger charge is -2.64. The Morgan fingerprint density at radius 2 is 1.58 bits per heavy atom. The Bertz CT molecular complexity index is 3020. The fraction of sp³-hybridized carbons (Fsp3) is 0.387. The maximum Gasteiger partial charge on any atom is 0.310 e. The van der Waals surface area contributed by atoms with Crippen molar-refractivity contribution in [2.24, 2.45) is 23.2 Å². The molecule has 0 bridgehead atoms. The van der Waals surface area contributed by atoms with Gasteiger partial charge < -0.3 is 44.3 Å². The lowest BCUT2D eigenvalue weighted by Crippen LogP contribution is -2.59. The minimum Gasteiger partial charge on any atom is -0.508 e. The van der Waals surface area contributed by atoms with Gasteiger partial charge in [0.25, 0.3) is 0 Å². The third kappa shape index (κ3) is 10.0. The number of methoxy groups -OCH3 is 2. The summed E-state index contributed by atoms with van der Waals surface area (Å²) >= 11 is 0. The average molecular weight is 986 g/mol. The van der Waals surface area contributed by atoms with Crippen molar-refractivity contribution in [2.75, 3.05) is 34.0 Å². The molecule has 73 heavy (non-hydrogen) atoms. The molecule has 4 N–H and O–H groups in total. The highest BCUT2D eigenvalue weighted by Gasteiger charge is 2.63. The number of ether oxygens (including phenoxy) is 5. The van der Waals surface area contributed by atoms with Gasteiger partial charge in [-0.25, -0.2) is 0 Å². The second kappa shape index (κ2) is 21.3. The van der Waals surface area contributed by atoms with E-state index in [1.165, 1.54) is 6.92 Å². The van der Waals surface area contributed by atoms with Crippen molar-refractivity contribution in [2.45, 2.75) is 95.8 Å². The second-order valence-electron chi connectivity index (χ2n) is 20.6. The highest BCUT2D eigenvalue weighted by Crippen LogP contribution is 2.69. The molecule has 4 aliphatic rings. The number of fused-ring (bicyclic) bond motifs is 5. The van der Waals surface area contributed by atoms with E-state index in [9.17, 15) is 24.9 Å². The summed E-state index contributed by atoms with van der Waals surface area (Å²) in [4.78, 5) is 28.1. The van der Waals surface area contributed by atoms with Crippen molar-refractivity contribution in [3.05, 3.63) is 154 Å². The summed E-state index contributed by atoms with van der Waals surface area (Å²) in [6, 6.07) is 35.6. The smallest absolute Gasteiger partial charge is 0.310 e. The number of esters is 2. The van der Waals surface area contributed by atoms with Crippen LogP contribution in [0.25, 0.3) is 28.0 Å². The molecule has 10 rings (SSSR count). The van der Waals surface area contributed by atoms with E-state index in [-0.39, 0.29) is 59.7 Å². The summed E-state index contributed by atoms with van der Waals surface area (Å²) in [5.41, 5.74) is 8.39. The molecular formula is C62H67NO10. The molecule has 0 aromatic heterocycles. The molecule has 0 heterocycles. The summed E-state index contributed by atoms with van der Waals surface area (Å²) in [7, 11) is 3.12. The van der Waals surface area contributed by atoms with Gasteiger partial charge in [-0.3, -0.25) is 9.59 Å². The Labute approximate surface area is 428 Å². The number of phenolic OH excluding ortho intramolecular Hbond substituents is 3. The maximum absolute atomic E-state index is 14.6.